The van der Waals surface area contributed by atoms with Crippen molar-refractivity contribution in [3.8, 4) is 11.8 Å². The summed E-state index contributed by atoms with van der Waals surface area (Å²) >= 11 is 0. The van der Waals surface area contributed by atoms with Crippen LogP contribution in [0.5, 0.6) is 0 Å². The molecule has 1 aliphatic carbocycles. The van der Waals surface area contributed by atoms with E-state index in [1.54, 1.807) is 11.0 Å². The van der Waals surface area contributed by atoms with Gasteiger partial charge in [0.25, 0.3) is 5.91 Å². The first-order chi connectivity index (χ1) is 10.2. The number of hydrogen-bond donors (Lipinski definition) is 2. The second kappa shape index (κ2) is 7.21. The highest BCUT2D eigenvalue weighted by atomic mass is 19.1. The normalized spacial score (nSPS) is 14.0. The Morgan fingerprint density at radius 2 is 2.24 bits per heavy atom. The molecule has 1 aromatic carbocycles. The van der Waals surface area contributed by atoms with Crippen molar-refractivity contribution in [2.24, 2.45) is 5.73 Å². The van der Waals surface area contributed by atoms with Gasteiger partial charge in [-0.25, -0.2) is 4.39 Å². The average Bonchev–Trinajstić information content (AvgIpc) is 2.43. The van der Waals surface area contributed by atoms with Crippen LogP contribution in [-0.4, -0.2) is 41.7 Å². The Morgan fingerprint density at radius 3 is 2.76 bits per heavy atom. The zero-order chi connectivity index (χ0) is 15.2. The Morgan fingerprint density at radius 1 is 1.48 bits per heavy atom. The van der Waals surface area contributed by atoms with Crippen molar-refractivity contribution in [3.05, 3.63) is 35.1 Å². The summed E-state index contributed by atoms with van der Waals surface area (Å²) in [6.07, 6.45) is 2.96. The van der Waals surface area contributed by atoms with E-state index < -0.39 is 5.82 Å². The van der Waals surface area contributed by atoms with E-state index in [1.165, 1.54) is 12.1 Å². The number of amides is 1. The number of carbonyl (C=O) groups excluding carboxylic acids is 1. The lowest BCUT2D eigenvalue weighted by atomic mass is 9.91. The molecule has 0 saturated heterocycles. The van der Waals surface area contributed by atoms with Gasteiger partial charge in [0, 0.05) is 18.2 Å². The molecule has 0 bridgehead atoms. The van der Waals surface area contributed by atoms with Crippen molar-refractivity contribution in [1.29, 1.82) is 0 Å². The van der Waals surface area contributed by atoms with Gasteiger partial charge in [0.1, 0.15) is 5.82 Å². The average molecular weight is 290 g/mol. The SMILES string of the molecule is NCC#Cc1ccc(C(=O)N(CCO)C2CCC2)cc1F. The predicted molar refractivity (Wildman–Crippen MR) is 78.1 cm³/mol. The van der Waals surface area contributed by atoms with Gasteiger partial charge in [-0.15, -0.1) is 0 Å². The molecular formula is C16H19FN2O2. The molecule has 1 saturated carbocycles. The molecule has 1 fully saturated rings. The Balaban J connectivity index is 2.19. The van der Waals surface area contributed by atoms with Crippen LogP contribution in [-0.2, 0) is 0 Å². The molecule has 0 unspecified atom stereocenters. The second-order valence-corrected chi connectivity index (χ2v) is 5.01. The summed E-state index contributed by atoms with van der Waals surface area (Å²) in [5.74, 6) is 4.43. The number of benzene rings is 1. The number of aliphatic hydroxyl groups is 1. The van der Waals surface area contributed by atoms with E-state index in [-0.39, 0.29) is 42.8 Å². The molecule has 1 aliphatic rings. The van der Waals surface area contributed by atoms with Crippen molar-refractivity contribution < 1.29 is 14.3 Å². The molecule has 4 nitrogen and oxygen atoms in total. The minimum absolute atomic E-state index is 0.0925. The van der Waals surface area contributed by atoms with E-state index in [0.717, 1.165) is 19.3 Å². The standard InChI is InChI=1S/C16H19FN2O2/c17-15-11-13(7-6-12(15)3-2-8-18)16(21)19(9-10-20)14-4-1-5-14/h6-7,11,14,20H,1,4-5,8-10,18H2. The topological polar surface area (TPSA) is 66.6 Å². The summed E-state index contributed by atoms with van der Waals surface area (Å²) in [7, 11) is 0. The Hall–Kier alpha value is -1.90. The zero-order valence-electron chi connectivity index (χ0n) is 11.8. The van der Waals surface area contributed by atoms with Crippen molar-refractivity contribution in [3.63, 3.8) is 0 Å². The van der Waals surface area contributed by atoms with Crippen LogP contribution < -0.4 is 5.73 Å². The number of hydrogen-bond acceptors (Lipinski definition) is 3. The van der Waals surface area contributed by atoms with Gasteiger partial charge in [0.15, 0.2) is 0 Å². The second-order valence-electron chi connectivity index (χ2n) is 5.01. The summed E-state index contributed by atoms with van der Waals surface area (Å²) < 4.78 is 13.9. The maximum absolute atomic E-state index is 13.9. The molecule has 0 aromatic heterocycles. The van der Waals surface area contributed by atoms with E-state index in [1.807, 2.05) is 0 Å². The van der Waals surface area contributed by atoms with Crippen molar-refractivity contribution in [2.75, 3.05) is 19.7 Å². The van der Waals surface area contributed by atoms with Crippen molar-refractivity contribution >= 4 is 5.91 Å². The van der Waals surface area contributed by atoms with E-state index in [2.05, 4.69) is 11.8 Å². The van der Waals surface area contributed by atoms with Gasteiger partial charge in [0.05, 0.1) is 18.7 Å². The molecule has 5 heteroatoms. The van der Waals surface area contributed by atoms with Crippen LogP contribution >= 0.6 is 0 Å². The van der Waals surface area contributed by atoms with Crippen molar-refractivity contribution in [2.45, 2.75) is 25.3 Å². The molecule has 112 valence electrons. The number of nitrogens with two attached hydrogens (primary N) is 1. The summed E-state index contributed by atoms with van der Waals surface area (Å²) in [5, 5.41) is 9.10. The van der Waals surface area contributed by atoms with Crippen LogP contribution in [0.2, 0.25) is 0 Å². The molecule has 1 aromatic rings. The zero-order valence-corrected chi connectivity index (χ0v) is 11.8. The molecule has 0 aliphatic heterocycles. The van der Waals surface area contributed by atoms with Gasteiger partial charge >= 0.3 is 0 Å². The largest absolute Gasteiger partial charge is 0.395 e. The molecule has 3 N–H and O–H groups in total. The number of carbonyl (C=O) groups is 1. The molecule has 1 amide bonds. The lowest BCUT2D eigenvalue weighted by Crippen LogP contribution is -2.45. The lowest BCUT2D eigenvalue weighted by Gasteiger charge is -2.37. The summed E-state index contributed by atoms with van der Waals surface area (Å²) in [6, 6.07) is 4.41. The van der Waals surface area contributed by atoms with Gasteiger partial charge in [-0.3, -0.25) is 4.79 Å². The first kappa shape index (κ1) is 15.5. The highest BCUT2D eigenvalue weighted by Crippen LogP contribution is 2.26. The minimum atomic E-state index is -0.528. The smallest absolute Gasteiger partial charge is 0.254 e. The molecule has 0 atom stereocenters. The van der Waals surface area contributed by atoms with Gasteiger partial charge < -0.3 is 15.7 Å². The van der Waals surface area contributed by atoms with Crippen molar-refractivity contribution in [1.82, 2.24) is 4.90 Å². The van der Waals surface area contributed by atoms with E-state index in [0.29, 0.717) is 0 Å². The van der Waals surface area contributed by atoms with Crippen LogP contribution in [0, 0.1) is 17.7 Å². The first-order valence-corrected chi connectivity index (χ1v) is 7.07. The maximum atomic E-state index is 13.9. The third-order valence-corrected chi connectivity index (χ3v) is 3.66. The van der Waals surface area contributed by atoms with Gasteiger partial charge in [-0.1, -0.05) is 11.8 Å². The van der Waals surface area contributed by atoms with Crippen LogP contribution in [0.4, 0.5) is 4.39 Å². The molecular weight excluding hydrogens is 271 g/mol. The van der Waals surface area contributed by atoms with E-state index >= 15 is 0 Å². The third-order valence-electron chi connectivity index (χ3n) is 3.66. The number of halogens is 1. The fraction of sp³-hybridized carbons (Fsp3) is 0.438. The van der Waals surface area contributed by atoms with E-state index in [9.17, 15) is 9.18 Å². The number of aliphatic hydroxyl groups excluding tert-OH is 1. The molecule has 0 radical (unpaired) electrons. The summed E-state index contributed by atoms with van der Waals surface area (Å²) in [6.45, 7) is 0.344. The first-order valence-electron chi connectivity index (χ1n) is 7.07. The number of nitrogens with zero attached hydrogens (tertiary/aromatic N) is 1. The van der Waals surface area contributed by atoms with Crippen LogP contribution in [0.1, 0.15) is 35.2 Å². The van der Waals surface area contributed by atoms with Crippen LogP contribution in [0.3, 0.4) is 0 Å². The molecule has 21 heavy (non-hydrogen) atoms. The predicted octanol–water partition coefficient (Wildman–Crippen LogP) is 1.12. The quantitative estimate of drug-likeness (QED) is 0.817. The third kappa shape index (κ3) is 3.60. The van der Waals surface area contributed by atoms with Crippen LogP contribution in [0.25, 0.3) is 0 Å². The highest BCUT2D eigenvalue weighted by Gasteiger charge is 2.29. The van der Waals surface area contributed by atoms with Gasteiger partial charge in [0.2, 0.25) is 0 Å². The van der Waals surface area contributed by atoms with E-state index in [4.69, 9.17) is 10.8 Å². The fourth-order valence-corrected chi connectivity index (χ4v) is 2.32. The van der Waals surface area contributed by atoms with Crippen LogP contribution in [0.15, 0.2) is 18.2 Å². The summed E-state index contributed by atoms with van der Waals surface area (Å²) in [4.78, 5) is 14.1. The fourth-order valence-electron chi connectivity index (χ4n) is 2.32. The number of rotatable bonds is 4. The minimum Gasteiger partial charge on any atom is -0.395 e. The molecule has 0 heterocycles. The summed E-state index contributed by atoms with van der Waals surface area (Å²) in [5.41, 5.74) is 5.77. The Bertz CT molecular complexity index is 573. The highest BCUT2D eigenvalue weighted by molar-refractivity contribution is 5.94. The van der Waals surface area contributed by atoms with Gasteiger partial charge in [-0.2, -0.15) is 0 Å². The van der Waals surface area contributed by atoms with Gasteiger partial charge in [-0.05, 0) is 37.5 Å². The Kier molecular flexibility index (Phi) is 5.32. The molecule has 2 rings (SSSR count). The lowest BCUT2D eigenvalue weighted by molar-refractivity contribution is 0.0525. The molecule has 0 spiro atoms. The maximum Gasteiger partial charge on any atom is 0.254 e. The monoisotopic (exact) mass is 290 g/mol. The Labute approximate surface area is 123 Å².